The fourth-order valence-electron chi connectivity index (χ4n) is 1.70. The van der Waals surface area contributed by atoms with Crippen LogP contribution in [0.2, 0.25) is 0 Å². The number of hydrogen-bond donors (Lipinski definition) is 3. The third kappa shape index (κ3) is 7.42. The molecule has 0 aliphatic rings. The minimum absolute atomic E-state index is 0.331. The Morgan fingerprint density at radius 1 is 1.32 bits per heavy atom. The quantitative estimate of drug-likeness (QED) is 0.728. The summed E-state index contributed by atoms with van der Waals surface area (Å²) in [5.74, 6) is 0.667. The van der Waals surface area contributed by atoms with Crippen LogP contribution >= 0.6 is 24.4 Å². The summed E-state index contributed by atoms with van der Waals surface area (Å²) in [6.45, 7) is 6.51. The molecule has 7 heteroatoms. The standard InChI is InChI=1S/C14H21NO2S.CH3NOS/c1-9(2)12-7-13(16)10(3)6-11(12)8-17-14(18)15(4)5;2-1(3)4/h6-7,9,16H,8H2,1-5H3;(H3,2,3,4). The average Bonchev–Trinajstić information content (AvgIpc) is 2.38. The van der Waals surface area contributed by atoms with Crippen LogP contribution in [0.4, 0.5) is 0 Å². The Bertz CT molecular complexity index is 528. The molecule has 0 unspecified atom stereocenters. The van der Waals surface area contributed by atoms with Gasteiger partial charge in [0.05, 0.1) is 0 Å². The van der Waals surface area contributed by atoms with Crippen molar-refractivity contribution in [2.75, 3.05) is 14.1 Å². The van der Waals surface area contributed by atoms with Gasteiger partial charge in [-0.1, -0.05) is 13.8 Å². The number of hydrogen-bond acceptors (Lipinski definition) is 4. The molecule has 0 spiro atoms. The SMILES string of the molecule is Cc1cc(COC(=S)N(C)C)c(C(C)C)cc1O.NC(O)=S. The van der Waals surface area contributed by atoms with Gasteiger partial charge in [0, 0.05) is 14.1 Å². The van der Waals surface area contributed by atoms with Gasteiger partial charge in [-0.3, -0.25) is 0 Å². The van der Waals surface area contributed by atoms with Crippen molar-refractivity contribution in [2.24, 2.45) is 5.73 Å². The summed E-state index contributed by atoms with van der Waals surface area (Å²) in [5.41, 5.74) is 7.42. The van der Waals surface area contributed by atoms with E-state index in [9.17, 15) is 5.11 Å². The minimum Gasteiger partial charge on any atom is -0.508 e. The Morgan fingerprint density at radius 2 is 1.82 bits per heavy atom. The van der Waals surface area contributed by atoms with E-state index in [1.54, 1.807) is 4.90 Å². The topological polar surface area (TPSA) is 79.0 Å². The van der Waals surface area contributed by atoms with E-state index in [1.165, 1.54) is 0 Å². The van der Waals surface area contributed by atoms with E-state index >= 15 is 0 Å². The molecule has 124 valence electrons. The number of rotatable bonds is 3. The van der Waals surface area contributed by atoms with E-state index in [-0.39, 0.29) is 0 Å². The summed E-state index contributed by atoms with van der Waals surface area (Å²) < 4.78 is 5.55. The minimum atomic E-state index is -0.500. The van der Waals surface area contributed by atoms with Gasteiger partial charge in [0.1, 0.15) is 12.4 Å². The van der Waals surface area contributed by atoms with Crippen molar-refractivity contribution in [2.45, 2.75) is 33.3 Å². The van der Waals surface area contributed by atoms with Crippen LogP contribution in [0.5, 0.6) is 5.75 Å². The molecule has 0 heterocycles. The molecule has 5 nitrogen and oxygen atoms in total. The molecule has 0 aliphatic heterocycles. The van der Waals surface area contributed by atoms with E-state index in [0.717, 1.165) is 16.7 Å². The number of aliphatic hydroxyl groups excluding tert-OH is 1. The monoisotopic (exact) mass is 344 g/mol. The third-order valence-corrected chi connectivity index (χ3v) is 3.28. The van der Waals surface area contributed by atoms with Gasteiger partial charge in [0.15, 0.2) is 0 Å². The first-order valence-electron chi connectivity index (χ1n) is 6.71. The number of aryl methyl sites for hydroxylation is 1. The lowest BCUT2D eigenvalue weighted by Gasteiger charge is -2.18. The van der Waals surface area contributed by atoms with Crippen LogP contribution in [0.3, 0.4) is 0 Å². The average molecular weight is 345 g/mol. The highest BCUT2D eigenvalue weighted by molar-refractivity contribution is 7.80. The van der Waals surface area contributed by atoms with Crippen molar-refractivity contribution in [3.05, 3.63) is 28.8 Å². The lowest BCUT2D eigenvalue weighted by molar-refractivity contribution is 0.256. The Kier molecular flexibility index (Phi) is 8.74. The number of benzene rings is 1. The van der Waals surface area contributed by atoms with Gasteiger partial charge >= 0.3 is 0 Å². The first kappa shape index (κ1) is 20.4. The zero-order valence-electron chi connectivity index (χ0n) is 13.6. The van der Waals surface area contributed by atoms with Crippen LogP contribution in [0.1, 0.15) is 36.5 Å². The van der Waals surface area contributed by atoms with Crippen molar-refractivity contribution in [3.63, 3.8) is 0 Å². The van der Waals surface area contributed by atoms with Crippen molar-refractivity contribution in [3.8, 4) is 5.75 Å². The van der Waals surface area contributed by atoms with Crippen molar-refractivity contribution in [1.29, 1.82) is 0 Å². The second-order valence-corrected chi connectivity index (χ2v) is 6.05. The molecule has 1 aromatic carbocycles. The van der Waals surface area contributed by atoms with Crippen molar-refractivity contribution >= 4 is 34.8 Å². The van der Waals surface area contributed by atoms with Gasteiger partial charge in [0.2, 0.25) is 0 Å². The van der Waals surface area contributed by atoms with Crippen molar-refractivity contribution in [1.82, 2.24) is 4.90 Å². The van der Waals surface area contributed by atoms with E-state index in [2.05, 4.69) is 31.8 Å². The maximum absolute atomic E-state index is 9.76. The van der Waals surface area contributed by atoms with Gasteiger partial charge in [-0.25, -0.2) is 0 Å². The largest absolute Gasteiger partial charge is 0.508 e. The van der Waals surface area contributed by atoms with Gasteiger partial charge in [-0.2, -0.15) is 0 Å². The van der Waals surface area contributed by atoms with E-state index in [4.69, 9.17) is 22.1 Å². The van der Waals surface area contributed by atoms with Crippen LogP contribution in [-0.4, -0.2) is 39.6 Å². The predicted octanol–water partition coefficient (Wildman–Crippen LogP) is 2.98. The predicted molar refractivity (Wildman–Crippen MR) is 97.4 cm³/mol. The number of nitrogens with two attached hydrogens (primary N) is 1. The van der Waals surface area contributed by atoms with Gasteiger partial charge < -0.3 is 25.6 Å². The second-order valence-electron chi connectivity index (χ2n) is 5.28. The van der Waals surface area contributed by atoms with Gasteiger partial charge in [0.25, 0.3) is 10.3 Å². The zero-order chi connectivity index (χ0) is 17.4. The molecule has 0 atom stereocenters. The smallest absolute Gasteiger partial charge is 0.259 e. The highest BCUT2D eigenvalue weighted by atomic mass is 32.1. The van der Waals surface area contributed by atoms with Crippen LogP contribution in [0.15, 0.2) is 12.1 Å². The zero-order valence-corrected chi connectivity index (χ0v) is 15.2. The third-order valence-electron chi connectivity index (χ3n) is 2.80. The molecule has 0 bridgehead atoms. The van der Waals surface area contributed by atoms with Crippen LogP contribution in [0.25, 0.3) is 0 Å². The number of aliphatic hydroxyl groups is 1. The summed E-state index contributed by atoms with van der Waals surface area (Å²) in [4.78, 5) is 1.76. The normalized spacial score (nSPS) is 9.73. The highest BCUT2D eigenvalue weighted by Gasteiger charge is 2.11. The lowest BCUT2D eigenvalue weighted by atomic mass is 9.95. The maximum atomic E-state index is 9.76. The molecule has 0 aromatic heterocycles. The Labute approximate surface area is 142 Å². The number of phenols is 1. The van der Waals surface area contributed by atoms with Crippen LogP contribution in [-0.2, 0) is 11.3 Å². The molecule has 22 heavy (non-hydrogen) atoms. The molecule has 0 saturated heterocycles. The molecule has 0 fully saturated rings. The fraction of sp³-hybridized carbons (Fsp3) is 0.467. The first-order chi connectivity index (χ1) is 10.1. The second kappa shape index (κ2) is 9.42. The Hall–Kier alpha value is -1.60. The number of thiocarbonyl (C=S) groups is 2. The Morgan fingerprint density at radius 3 is 2.23 bits per heavy atom. The molecule has 0 amide bonds. The van der Waals surface area contributed by atoms with E-state index in [1.807, 2.05) is 33.2 Å². The summed E-state index contributed by atoms with van der Waals surface area (Å²) in [6, 6.07) is 3.78. The number of aromatic hydroxyl groups is 1. The van der Waals surface area contributed by atoms with E-state index < -0.39 is 5.17 Å². The van der Waals surface area contributed by atoms with Gasteiger partial charge in [-0.15, -0.1) is 0 Å². The molecule has 1 aromatic rings. The van der Waals surface area contributed by atoms with E-state index in [0.29, 0.717) is 23.4 Å². The summed E-state index contributed by atoms with van der Waals surface area (Å²) >= 11 is 8.97. The lowest BCUT2D eigenvalue weighted by Crippen LogP contribution is -2.22. The fourth-order valence-corrected chi connectivity index (χ4v) is 1.76. The molecule has 0 radical (unpaired) electrons. The number of ether oxygens (including phenoxy) is 1. The summed E-state index contributed by atoms with van der Waals surface area (Å²) in [6.07, 6.45) is 0. The molecule has 4 N–H and O–H groups in total. The summed E-state index contributed by atoms with van der Waals surface area (Å²) in [7, 11) is 3.71. The summed E-state index contributed by atoms with van der Waals surface area (Å²) in [5, 5.41) is 17.3. The molecular formula is C15H24N2O3S2. The molecule has 0 saturated carbocycles. The van der Waals surface area contributed by atoms with Gasteiger partial charge in [-0.05, 0) is 66.1 Å². The molecule has 0 aliphatic carbocycles. The van der Waals surface area contributed by atoms with Crippen LogP contribution < -0.4 is 5.73 Å². The van der Waals surface area contributed by atoms with Crippen molar-refractivity contribution < 1.29 is 14.9 Å². The van der Waals surface area contributed by atoms with Crippen LogP contribution in [0, 0.1) is 6.92 Å². The number of nitrogens with zero attached hydrogens (tertiary/aromatic N) is 1. The number of phenolic OH excluding ortho intramolecular Hbond substituents is 1. The molecular weight excluding hydrogens is 320 g/mol. The maximum Gasteiger partial charge on any atom is 0.259 e. The highest BCUT2D eigenvalue weighted by Crippen LogP contribution is 2.28. The first-order valence-corrected chi connectivity index (χ1v) is 7.52. The molecule has 1 rings (SSSR count). The Balaban J connectivity index is 0.000000980.